The van der Waals surface area contributed by atoms with Crippen LogP contribution in [0.3, 0.4) is 0 Å². The predicted molar refractivity (Wildman–Crippen MR) is 76.1 cm³/mol. The molecule has 104 valence electrons. The molecule has 19 heavy (non-hydrogen) atoms. The average Bonchev–Trinajstić information content (AvgIpc) is 2.42. The molecule has 1 unspecified atom stereocenters. The molecule has 2 N–H and O–H groups in total. The molecule has 1 aromatic carbocycles. The number of carbonyl (C=O) groups excluding carboxylic acids is 1. The molecule has 5 heteroatoms. The predicted octanol–water partition coefficient (Wildman–Crippen LogP) is 1.83. The molecule has 0 aliphatic carbocycles. The number of carbonyl (C=O) groups is 1. The number of aryl methyl sites for hydroxylation is 1. The number of piperazine rings is 1. The maximum atomic E-state index is 12.4. The van der Waals surface area contributed by atoms with Crippen molar-refractivity contribution in [3.63, 3.8) is 0 Å². The molecule has 1 atom stereocenters. The van der Waals surface area contributed by atoms with Crippen molar-refractivity contribution in [2.75, 3.05) is 26.2 Å². The van der Waals surface area contributed by atoms with Crippen LogP contribution in [-0.4, -0.2) is 48.0 Å². The van der Waals surface area contributed by atoms with E-state index < -0.39 is 0 Å². The van der Waals surface area contributed by atoms with Crippen molar-refractivity contribution in [3.05, 3.63) is 28.3 Å². The summed E-state index contributed by atoms with van der Waals surface area (Å²) in [5.74, 6) is -0.0739. The Labute approximate surface area is 118 Å². The molecule has 1 heterocycles. The highest BCUT2D eigenvalue weighted by atomic mass is 35.5. The van der Waals surface area contributed by atoms with Gasteiger partial charge in [0.2, 0.25) is 0 Å². The molecule has 1 aromatic rings. The lowest BCUT2D eigenvalue weighted by Gasteiger charge is -2.32. The van der Waals surface area contributed by atoms with Crippen LogP contribution in [0.2, 0.25) is 5.02 Å². The number of nitrogens with one attached hydrogen (secondary N) is 1. The van der Waals surface area contributed by atoms with E-state index in [1.54, 1.807) is 19.1 Å². The second kappa shape index (κ2) is 5.90. The number of hydrogen-bond donors (Lipinski definition) is 2. The number of aromatic hydroxyl groups is 1. The zero-order valence-corrected chi connectivity index (χ0v) is 12.0. The summed E-state index contributed by atoms with van der Waals surface area (Å²) in [6.45, 7) is 7.13. The molecule has 0 spiro atoms. The monoisotopic (exact) mass is 282 g/mol. The number of benzene rings is 1. The zero-order chi connectivity index (χ0) is 14.0. The number of phenolic OH excluding ortho intramolecular Hbond substituents is 1. The lowest BCUT2D eigenvalue weighted by Crippen LogP contribution is -2.50. The van der Waals surface area contributed by atoms with Gasteiger partial charge in [-0.2, -0.15) is 0 Å². The van der Waals surface area contributed by atoms with Gasteiger partial charge >= 0.3 is 0 Å². The van der Waals surface area contributed by atoms with Crippen LogP contribution < -0.4 is 5.32 Å². The summed E-state index contributed by atoms with van der Waals surface area (Å²) in [7, 11) is 0. The van der Waals surface area contributed by atoms with Crippen LogP contribution in [0.15, 0.2) is 12.1 Å². The SMILES string of the molecule is Cc1cc(O)c(C(=O)C(C)N2CCNCC2)cc1Cl. The third-order valence-electron chi connectivity index (χ3n) is 3.62. The maximum Gasteiger partial charge on any atom is 0.183 e. The standard InChI is InChI=1S/C14H19ClN2O2/c1-9-7-13(18)11(8-12(9)15)14(19)10(2)17-5-3-16-4-6-17/h7-8,10,16,18H,3-6H2,1-2H3. The lowest BCUT2D eigenvalue weighted by atomic mass is 10.0. The van der Waals surface area contributed by atoms with E-state index in [2.05, 4.69) is 10.2 Å². The van der Waals surface area contributed by atoms with E-state index in [9.17, 15) is 9.90 Å². The fraction of sp³-hybridized carbons (Fsp3) is 0.500. The first-order chi connectivity index (χ1) is 9.00. The quantitative estimate of drug-likeness (QED) is 0.831. The number of ketones is 1. The van der Waals surface area contributed by atoms with E-state index in [0.29, 0.717) is 10.6 Å². The van der Waals surface area contributed by atoms with E-state index in [0.717, 1.165) is 31.7 Å². The van der Waals surface area contributed by atoms with Gasteiger partial charge in [0.05, 0.1) is 11.6 Å². The van der Waals surface area contributed by atoms with Gasteiger partial charge in [0.25, 0.3) is 0 Å². The highest BCUT2D eigenvalue weighted by Gasteiger charge is 2.25. The fourth-order valence-corrected chi connectivity index (χ4v) is 2.49. The number of halogens is 1. The van der Waals surface area contributed by atoms with Crippen molar-refractivity contribution in [2.45, 2.75) is 19.9 Å². The molecule has 0 aromatic heterocycles. The molecule has 0 bridgehead atoms. The summed E-state index contributed by atoms with van der Waals surface area (Å²) in [4.78, 5) is 14.6. The van der Waals surface area contributed by atoms with Gasteiger partial charge in [-0.3, -0.25) is 9.69 Å². The largest absolute Gasteiger partial charge is 0.507 e. The van der Waals surface area contributed by atoms with Crippen LogP contribution in [0.1, 0.15) is 22.8 Å². The van der Waals surface area contributed by atoms with Crippen LogP contribution >= 0.6 is 11.6 Å². The molecule has 1 aliphatic heterocycles. The third-order valence-corrected chi connectivity index (χ3v) is 4.03. The van der Waals surface area contributed by atoms with Crippen molar-refractivity contribution in [1.82, 2.24) is 10.2 Å². The first-order valence-electron chi connectivity index (χ1n) is 6.49. The molecule has 0 radical (unpaired) electrons. The second-order valence-corrected chi connectivity index (χ2v) is 5.35. The van der Waals surface area contributed by atoms with Gasteiger partial charge in [-0.25, -0.2) is 0 Å². The van der Waals surface area contributed by atoms with Crippen LogP contribution in [0.25, 0.3) is 0 Å². The van der Waals surface area contributed by atoms with Crippen LogP contribution in [0.4, 0.5) is 0 Å². The Kier molecular flexibility index (Phi) is 4.45. The molecule has 2 rings (SSSR count). The lowest BCUT2D eigenvalue weighted by molar-refractivity contribution is 0.0817. The molecule has 1 aliphatic rings. The summed E-state index contributed by atoms with van der Waals surface area (Å²) in [6.07, 6.45) is 0. The fourth-order valence-electron chi connectivity index (χ4n) is 2.32. The maximum absolute atomic E-state index is 12.4. The van der Waals surface area contributed by atoms with Crippen LogP contribution in [0.5, 0.6) is 5.75 Å². The van der Waals surface area contributed by atoms with Crippen LogP contribution in [-0.2, 0) is 0 Å². The van der Waals surface area contributed by atoms with Gasteiger partial charge in [-0.05, 0) is 31.5 Å². The van der Waals surface area contributed by atoms with Crippen molar-refractivity contribution < 1.29 is 9.90 Å². The van der Waals surface area contributed by atoms with Crippen molar-refractivity contribution in [2.24, 2.45) is 0 Å². The van der Waals surface area contributed by atoms with E-state index in [4.69, 9.17) is 11.6 Å². The number of hydrogen-bond acceptors (Lipinski definition) is 4. The highest BCUT2D eigenvalue weighted by Crippen LogP contribution is 2.27. The van der Waals surface area contributed by atoms with E-state index in [-0.39, 0.29) is 17.6 Å². The zero-order valence-electron chi connectivity index (χ0n) is 11.2. The molecular formula is C14H19ClN2O2. The van der Waals surface area contributed by atoms with Gasteiger partial charge < -0.3 is 10.4 Å². The Morgan fingerprint density at radius 2 is 2.05 bits per heavy atom. The minimum atomic E-state index is -0.244. The molecule has 4 nitrogen and oxygen atoms in total. The van der Waals surface area contributed by atoms with Gasteiger partial charge in [-0.15, -0.1) is 0 Å². The molecule has 0 amide bonds. The van der Waals surface area contributed by atoms with Gasteiger partial charge in [0, 0.05) is 31.2 Å². The number of nitrogens with zero attached hydrogens (tertiary/aromatic N) is 1. The van der Waals surface area contributed by atoms with Crippen molar-refractivity contribution >= 4 is 17.4 Å². The Morgan fingerprint density at radius 1 is 1.42 bits per heavy atom. The van der Waals surface area contributed by atoms with Gasteiger partial charge in [-0.1, -0.05) is 11.6 Å². The minimum Gasteiger partial charge on any atom is -0.507 e. The van der Waals surface area contributed by atoms with Crippen molar-refractivity contribution in [3.8, 4) is 5.75 Å². The topological polar surface area (TPSA) is 52.6 Å². The first-order valence-corrected chi connectivity index (χ1v) is 6.86. The van der Waals surface area contributed by atoms with E-state index in [1.165, 1.54) is 0 Å². The first kappa shape index (κ1) is 14.3. The van der Waals surface area contributed by atoms with Crippen LogP contribution in [0, 0.1) is 6.92 Å². The minimum absolute atomic E-state index is 0.00823. The summed E-state index contributed by atoms with van der Waals surface area (Å²) in [5, 5.41) is 13.7. The average molecular weight is 283 g/mol. The molecular weight excluding hydrogens is 264 g/mol. The molecule has 1 saturated heterocycles. The number of phenols is 1. The Balaban J connectivity index is 2.21. The van der Waals surface area contributed by atoms with E-state index >= 15 is 0 Å². The Hall–Kier alpha value is -1.10. The second-order valence-electron chi connectivity index (χ2n) is 4.94. The van der Waals surface area contributed by atoms with Crippen molar-refractivity contribution in [1.29, 1.82) is 0 Å². The smallest absolute Gasteiger partial charge is 0.183 e. The van der Waals surface area contributed by atoms with Gasteiger partial charge in [0.15, 0.2) is 5.78 Å². The number of rotatable bonds is 3. The third kappa shape index (κ3) is 3.08. The summed E-state index contributed by atoms with van der Waals surface area (Å²) in [5.41, 5.74) is 1.08. The summed E-state index contributed by atoms with van der Waals surface area (Å²) in [6, 6.07) is 2.86. The normalized spacial score (nSPS) is 18.3. The molecule has 1 fully saturated rings. The summed E-state index contributed by atoms with van der Waals surface area (Å²) < 4.78 is 0. The van der Waals surface area contributed by atoms with E-state index in [1.807, 2.05) is 6.92 Å². The number of Topliss-reactive ketones (excluding diaryl/α,β-unsaturated/α-hetero) is 1. The highest BCUT2D eigenvalue weighted by molar-refractivity contribution is 6.31. The Bertz CT molecular complexity index is 485. The van der Waals surface area contributed by atoms with Gasteiger partial charge in [0.1, 0.15) is 5.75 Å². The summed E-state index contributed by atoms with van der Waals surface area (Å²) >= 11 is 6.03. The molecule has 0 saturated carbocycles. The Morgan fingerprint density at radius 3 is 2.68 bits per heavy atom.